The monoisotopic (exact) mass is 394 g/mol. The van der Waals surface area contributed by atoms with Crippen LogP contribution >= 0.6 is 0 Å². The smallest absolute Gasteiger partial charge is 0.307 e. The summed E-state index contributed by atoms with van der Waals surface area (Å²) < 4.78 is 5.50. The van der Waals surface area contributed by atoms with Crippen molar-refractivity contribution in [3.8, 4) is 0 Å². The lowest BCUT2D eigenvalue weighted by atomic mass is 10.1. The second-order valence-corrected chi connectivity index (χ2v) is 7.02. The van der Waals surface area contributed by atoms with Gasteiger partial charge in [-0.1, -0.05) is 48.6 Å². The molecule has 3 rings (SSSR count). The molecule has 0 aliphatic heterocycles. The van der Waals surface area contributed by atoms with Crippen molar-refractivity contribution in [2.24, 2.45) is 5.92 Å². The zero-order valence-corrected chi connectivity index (χ0v) is 16.0. The van der Waals surface area contributed by atoms with Crippen molar-refractivity contribution in [2.45, 2.75) is 32.3 Å². The molecule has 29 heavy (non-hydrogen) atoms. The molecule has 0 unspecified atom stereocenters. The number of ether oxygens (including phenoxy) is 1. The van der Waals surface area contributed by atoms with Crippen LogP contribution in [-0.4, -0.2) is 16.8 Å². The van der Waals surface area contributed by atoms with Crippen LogP contribution < -0.4 is 5.32 Å². The van der Waals surface area contributed by atoms with Crippen LogP contribution in [0.2, 0.25) is 0 Å². The molecular formula is C22H22N2O5. The number of hydrogen-bond donors (Lipinski definition) is 1. The third-order valence-electron chi connectivity index (χ3n) is 4.74. The molecule has 0 bridgehead atoms. The Labute approximate surface area is 168 Å². The molecule has 7 heteroatoms. The molecule has 1 aliphatic rings. The van der Waals surface area contributed by atoms with Gasteiger partial charge in [-0.2, -0.15) is 0 Å². The van der Waals surface area contributed by atoms with Crippen LogP contribution in [0.1, 0.15) is 36.5 Å². The van der Waals surface area contributed by atoms with E-state index in [0.717, 1.165) is 12.8 Å². The summed E-state index contributed by atoms with van der Waals surface area (Å²) >= 11 is 0. The van der Waals surface area contributed by atoms with Gasteiger partial charge in [0.1, 0.15) is 5.69 Å². The molecular weight excluding hydrogens is 372 g/mol. The van der Waals surface area contributed by atoms with Gasteiger partial charge in [-0.25, -0.2) is 0 Å². The largest absolute Gasteiger partial charge is 0.447 e. The van der Waals surface area contributed by atoms with Gasteiger partial charge in [0.05, 0.1) is 11.3 Å². The summed E-state index contributed by atoms with van der Waals surface area (Å²) in [5.74, 6) is -1.01. The standard InChI is InChI=1S/C22H22N2O5/c1-15-11-12-18(19(13-15)24(27)28)23-22(26)21(17-9-3-2-4-10-17)29-20(25)14-16-7-5-6-8-16/h2-5,7,9-13,16,21H,6,8,14H2,1H3,(H,23,26)/t16-,21+/m1/s1. The normalized spacial score (nSPS) is 16.2. The fourth-order valence-electron chi connectivity index (χ4n) is 3.26. The molecule has 1 amide bonds. The highest BCUT2D eigenvalue weighted by molar-refractivity contribution is 5.97. The van der Waals surface area contributed by atoms with Gasteiger partial charge in [-0.3, -0.25) is 19.7 Å². The van der Waals surface area contributed by atoms with Gasteiger partial charge in [0.15, 0.2) is 0 Å². The lowest BCUT2D eigenvalue weighted by Crippen LogP contribution is -2.26. The number of nitrogens with one attached hydrogen (secondary N) is 1. The summed E-state index contributed by atoms with van der Waals surface area (Å²) in [6.07, 6.45) is 4.81. The zero-order valence-electron chi connectivity index (χ0n) is 16.0. The van der Waals surface area contributed by atoms with Crippen molar-refractivity contribution in [1.29, 1.82) is 0 Å². The number of nitro groups is 1. The number of benzene rings is 2. The lowest BCUT2D eigenvalue weighted by Gasteiger charge is -2.19. The number of carbonyl (C=O) groups is 2. The molecule has 150 valence electrons. The van der Waals surface area contributed by atoms with Gasteiger partial charge in [-0.05, 0) is 37.3 Å². The molecule has 0 heterocycles. The SMILES string of the molecule is Cc1ccc(NC(=O)[C@@H](OC(=O)C[C@@H]2C=CCC2)c2ccccc2)c([N+](=O)[O-])c1. The molecule has 0 saturated carbocycles. The summed E-state index contributed by atoms with van der Waals surface area (Å²) in [4.78, 5) is 36.1. The van der Waals surface area contributed by atoms with Crippen LogP contribution in [0.5, 0.6) is 0 Å². The van der Waals surface area contributed by atoms with Crippen molar-refractivity contribution < 1.29 is 19.2 Å². The molecule has 0 radical (unpaired) electrons. The summed E-state index contributed by atoms with van der Waals surface area (Å²) in [5, 5.41) is 13.9. The van der Waals surface area contributed by atoms with E-state index in [4.69, 9.17) is 4.74 Å². The van der Waals surface area contributed by atoms with Crippen LogP contribution in [0.25, 0.3) is 0 Å². The number of rotatable bonds is 7. The molecule has 2 aromatic carbocycles. The summed E-state index contributed by atoms with van der Waals surface area (Å²) in [5.41, 5.74) is 1.04. The highest BCUT2D eigenvalue weighted by atomic mass is 16.6. The van der Waals surface area contributed by atoms with Crippen molar-refractivity contribution in [1.82, 2.24) is 0 Å². The highest BCUT2D eigenvalue weighted by Crippen LogP contribution is 2.28. The number of nitro benzene ring substituents is 1. The Hall–Kier alpha value is -3.48. The molecule has 2 aromatic rings. The first-order valence-electron chi connectivity index (χ1n) is 9.41. The Morgan fingerprint density at radius 3 is 2.66 bits per heavy atom. The number of amides is 1. The summed E-state index contributed by atoms with van der Waals surface area (Å²) in [6.45, 7) is 1.73. The third kappa shape index (κ3) is 5.28. The quantitative estimate of drug-likeness (QED) is 0.323. The highest BCUT2D eigenvalue weighted by Gasteiger charge is 2.28. The molecule has 1 aliphatic carbocycles. The van der Waals surface area contributed by atoms with Crippen LogP contribution in [0, 0.1) is 23.0 Å². The van der Waals surface area contributed by atoms with Gasteiger partial charge in [-0.15, -0.1) is 0 Å². The van der Waals surface area contributed by atoms with E-state index in [9.17, 15) is 19.7 Å². The maximum Gasteiger partial charge on any atom is 0.307 e. The van der Waals surface area contributed by atoms with Crippen molar-refractivity contribution in [3.63, 3.8) is 0 Å². The second-order valence-electron chi connectivity index (χ2n) is 7.02. The van der Waals surface area contributed by atoms with Gasteiger partial charge in [0.2, 0.25) is 6.10 Å². The minimum Gasteiger partial charge on any atom is -0.447 e. The molecule has 0 aromatic heterocycles. The van der Waals surface area contributed by atoms with Gasteiger partial charge in [0, 0.05) is 11.6 Å². The van der Waals surface area contributed by atoms with E-state index in [-0.39, 0.29) is 23.7 Å². The number of nitrogens with zero attached hydrogens (tertiary/aromatic N) is 1. The predicted molar refractivity (Wildman–Crippen MR) is 108 cm³/mol. The van der Waals surface area contributed by atoms with Crippen molar-refractivity contribution in [3.05, 3.63) is 81.9 Å². The maximum atomic E-state index is 12.9. The van der Waals surface area contributed by atoms with Crippen LogP contribution in [0.15, 0.2) is 60.7 Å². The Morgan fingerprint density at radius 1 is 1.24 bits per heavy atom. The predicted octanol–water partition coefficient (Wildman–Crippen LogP) is 4.48. The third-order valence-corrected chi connectivity index (χ3v) is 4.74. The topological polar surface area (TPSA) is 98.5 Å². The number of anilines is 1. The van der Waals surface area contributed by atoms with E-state index < -0.39 is 22.9 Å². The van der Waals surface area contributed by atoms with Crippen LogP contribution in [0.3, 0.4) is 0 Å². The van der Waals surface area contributed by atoms with E-state index in [1.807, 2.05) is 12.2 Å². The fraction of sp³-hybridized carbons (Fsp3) is 0.273. The average Bonchev–Trinajstić information content (AvgIpc) is 3.21. The lowest BCUT2D eigenvalue weighted by molar-refractivity contribution is -0.384. The molecule has 7 nitrogen and oxygen atoms in total. The van der Waals surface area contributed by atoms with Crippen molar-refractivity contribution >= 4 is 23.3 Å². The summed E-state index contributed by atoms with van der Waals surface area (Å²) in [6, 6.07) is 13.1. The Balaban J connectivity index is 1.80. The first-order valence-corrected chi connectivity index (χ1v) is 9.41. The van der Waals surface area contributed by atoms with Gasteiger partial charge < -0.3 is 10.1 Å². The summed E-state index contributed by atoms with van der Waals surface area (Å²) in [7, 11) is 0. The fourth-order valence-corrected chi connectivity index (χ4v) is 3.26. The van der Waals surface area contributed by atoms with Gasteiger partial charge in [0.25, 0.3) is 11.6 Å². The molecule has 0 spiro atoms. The minimum atomic E-state index is -1.20. The Kier molecular flexibility index (Phi) is 6.39. The van der Waals surface area contributed by atoms with E-state index in [1.165, 1.54) is 12.1 Å². The van der Waals surface area contributed by atoms with E-state index in [2.05, 4.69) is 5.32 Å². The molecule has 0 fully saturated rings. The number of carbonyl (C=O) groups excluding carboxylic acids is 2. The second kappa shape index (κ2) is 9.14. The minimum absolute atomic E-state index is 0.0568. The average molecular weight is 394 g/mol. The first kappa shape index (κ1) is 20.3. The molecule has 0 saturated heterocycles. The van der Waals surface area contributed by atoms with E-state index in [1.54, 1.807) is 43.3 Å². The van der Waals surface area contributed by atoms with Crippen molar-refractivity contribution in [2.75, 3.05) is 5.32 Å². The maximum absolute atomic E-state index is 12.9. The molecule has 2 atom stereocenters. The number of allylic oxidation sites excluding steroid dienone is 2. The van der Waals surface area contributed by atoms with Gasteiger partial charge >= 0.3 is 5.97 Å². The zero-order chi connectivity index (χ0) is 20.8. The number of hydrogen-bond acceptors (Lipinski definition) is 5. The van der Waals surface area contributed by atoms with E-state index in [0.29, 0.717) is 11.1 Å². The molecule has 1 N–H and O–H groups in total. The van der Waals surface area contributed by atoms with E-state index >= 15 is 0 Å². The number of aryl methyl sites for hydroxylation is 1. The number of esters is 1. The first-order chi connectivity index (χ1) is 13.9. The Morgan fingerprint density at radius 2 is 2.00 bits per heavy atom. The van der Waals surface area contributed by atoms with Crippen LogP contribution in [-0.2, 0) is 14.3 Å². The Bertz CT molecular complexity index is 939. The van der Waals surface area contributed by atoms with Crippen LogP contribution in [0.4, 0.5) is 11.4 Å².